The molecule has 2 atom stereocenters. The predicted octanol–water partition coefficient (Wildman–Crippen LogP) is 3.15. The monoisotopic (exact) mass is 425 g/mol. The number of rotatable bonds is 10. The zero-order chi connectivity index (χ0) is 22.4. The van der Waals surface area contributed by atoms with Gasteiger partial charge < -0.3 is 29.3 Å². The largest absolute Gasteiger partial charge is 0.497 e. The first kappa shape index (κ1) is 25.7. The summed E-state index contributed by atoms with van der Waals surface area (Å²) in [7, 11) is 3.52. The van der Waals surface area contributed by atoms with Gasteiger partial charge in [-0.1, -0.05) is 25.8 Å². The summed E-state index contributed by atoms with van der Waals surface area (Å²) in [6.45, 7) is 6.44. The summed E-state index contributed by atoms with van der Waals surface area (Å²) in [5, 5.41) is 14.8. The summed E-state index contributed by atoms with van der Waals surface area (Å²) < 4.78 is 16.9. The third kappa shape index (κ3) is 9.93. The number of hydrogen-bond acceptors (Lipinski definition) is 6. The minimum Gasteiger partial charge on any atom is -0.497 e. The van der Waals surface area contributed by atoms with Crippen LogP contribution in [0.2, 0.25) is 0 Å². The van der Waals surface area contributed by atoms with Crippen LogP contribution in [0.5, 0.6) is 11.5 Å². The molecule has 1 heterocycles. The van der Waals surface area contributed by atoms with Crippen LogP contribution in [0.3, 0.4) is 0 Å². The van der Waals surface area contributed by atoms with Crippen LogP contribution in [0.4, 0.5) is 0 Å². The fourth-order valence-corrected chi connectivity index (χ4v) is 3.43. The summed E-state index contributed by atoms with van der Waals surface area (Å²) in [4.78, 5) is 20.8. The molecule has 1 aromatic rings. The lowest BCUT2D eigenvalue weighted by atomic mass is 9.91. The van der Waals surface area contributed by atoms with E-state index in [2.05, 4.69) is 11.8 Å². The van der Waals surface area contributed by atoms with E-state index in [-0.39, 0.29) is 0 Å². The smallest absolute Gasteiger partial charge is 0.414 e. The van der Waals surface area contributed by atoms with E-state index in [9.17, 15) is 0 Å². The molecule has 0 unspecified atom stereocenters. The van der Waals surface area contributed by atoms with Crippen molar-refractivity contribution in [3.05, 3.63) is 24.3 Å². The van der Waals surface area contributed by atoms with E-state index >= 15 is 0 Å². The Hall–Kier alpha value is -2.32. The molecule has 8 heteroatoms. The van der Waals surface area contributed by atoms with Crippen molar-refractivity contribution < 1.29 is 34.0 Å². The molecule has 8 nitrogen and oxygen atoms in total. The maximum Gasteiger partial charge on any atom is 0.414 e. The highest BCUT2D eigenvalue weighted by Crippen LogP contribution is 2.25. The second kappa shape index (κ2) is 14.6. The van der Waals surface area contributed by atoms with Crippen LogP contribution in [0.15, 0.2) is 24.3 Å². The molecule has 1 aliphatic rings. The molecule has 0 saturated carbocycles. The predicted molar refractivity (Wildman–Crippen MR) is 113 cm³/mol. The lowest BCUT2D eigenvalue weighted by molar-refractivity contribution is -0.159. The fraction of sp³-hybridized carbons (Fsp3) is 0.636. The van der Waals surface area contributed by atoms with Gasteiger partial charge in [-0.2, -0.15) is 0 Å². The number of carbonyl (C=O) groups is 2. The van der Waals surface area contributed by atoms with Crippen molar-refractivity contribution in [2.24, 2.45) is 5.92 Å². The molecule has 2 N–H and O–H groups in total. The van der Waals surface area contributed by atoms with Gasteiger partial charge in [0.15, 0.2) is 0 Å². The van der Waals surface area contributed by atoms with Crippen molar-refractivity contribution in [3.63, 3.8) is 0 Å². The molecule has 2 rings (SSSR count). The van der Waals surface area contributed by atoms with Crippen LogP contribution in [-0.4, -0.2) is 73.6 Å². The van der Waals surface area contributed by atoms with Gasteiger partial charge in [0.2, 0.25) is 0 Å². The van der Waals surface area contributed by atoms with Crippen molar-refractivity contribution in [2.45, 2.75) is 45.1 Å². The maximum absolute atomic E-state index is 9.10. The number of hydrogen-bond donors (Lipinski definition) is 2. The third-order valence-corrected chi connectivity index (χ3v) is 5.14. The quantitative estimate of drug-likeness (QED) is 0.435. The van der Waals surface area contributed by atoms with Gasteiger partial charge in [-0.25, -0.2) is 9.59 Å². The third-order valence-electron chi connectivity index (χ3n) is 5.14. The van der Waals surface area contributed by atoms with Gasteiger partial charge in [-0.05, 0) is 50.4 Å². The average molecular weight is 426 g/mol. The number of unbranched alkanes of at least 4 members (excludes halogenated alkanes) is 2. The van der Waals surface area contributed by atoms with E-state index in [1.54, 1.807) is 7.11 Å². The molecule has 1 aliphatic heterocycles. The molecular weight excluding hydrogens is 390 g/mol. The number of carboxylic acid groups (broad SMARTS) is 2. The first-order valence-electron chi connectivity index (χ1n) is 10.4. The van der Waals surface area contributed by atoms with E-state index in [1.807, 2.05) is 31.4 Å². The molecule has 1 aromatic carbocycles. The van der Waals surface area contributed by atoms with Crippen molar-refractivity contribution in [2.75, 3.05) is 40.5 Å². The Morgan fingerprint density at radius 3 is 2.43 bits per heavy atom. The number of nitrogens with zero attached hydrogens (tertiary/aromatic N) is 1. The Kier molecular flexibility index (Phi) is 12.5. The van der Waals surface area contributed by atoms with Gasteiger partial charge in [-0.15, -0.1) is 0 Å². The molecule has 0 aliphatic carbocycles. The lowest BCUT2D eigenvalue weighted by Gasteiger charge is -2.37. The number of benzene rings is 1. The zero-order valence-corrected chi connectivity index (χ0v) is 18.2. The number of piperidine rings is 1. The second-order valence-corrected chi connectivity index (χ2v) is 7.26. The first-order valence-corrected chi connectivity index (χ1v) is 10.4. The summed E-state index contributed by atoms with van der Waals surface area (Å²) in [6, 6.07) is 7.81. The van der Waals surface area contributed by atoms with Gasteiger partial charge in [-0.3, -0.25) is 0 Å². The standard InChI is InChI=1S/C20H33NO3.C2H2O4/c1-4-5-6-12-21-13-10-17(20(16-21)23-3)11-14-24-19-9-7-8-18(15-19)22-2;3-1(4)2(5)6/h7-9,15,17,20H,4-6,10-14,16H2,1-3H3;(H,3,4)(H,5,6)/t17-,20-;/m0./s1. The molecule has 0 bridgehead atoms. The number of aliphatic carboxylic acids is 2. The van der Waals surface area contributed by atoms with Gasteiger partial charge >= 0.3 is 11.9 Å². The van der Waals surface area contributed by atoms with Crippen molar-refractivity contribution >= 4 is 11.9 Å². The lowest BCUT2D eigenvalue weighted by Crippen LogP contribution is -2.45. The Morgan fingerprint density at radius 1 is 1.13 bits per heavy atom. The summed E-state index contributed by atoms with van der Waals surface area (Å²) >= 11 is 0. The molecule has 0 radical (unpaired) electrons. The van der Waals surface area contributed by atoms with Crippen molar-refractivity contribution in [1.82, 2.24) is 4.90 Å². The number of likely N-dealkylation sites (tertiary alicyclic amines) is 1. The molecule has 0 aromatic heterocycles. The van der Waals surface area contributed by atoms with Gasteiger partial charge in [0, 0.05) is 19.7 Å². The topological polar surface area (TPSA) is 106 Å². The Labute approximate surface area is 178 Å². The van der Waals surface area contributed by atoms with Crippen LogP contribution < -0.4 is 9.47 Å². The fourth-order valence-electron chi connectivity index (χ4n) is 3.43. The normalized spacial score (nSPS) is 18.8. The van der Waals surface area contributed by atoms with Gasteiger partial charge in [0.25, 0.3) is 0 Å². The summed E-state index contributed by atoms with van der Waals surface area (Å²) in [5.74, 6) is -1.35. The average Bonchev–Trinajstić information content (AvgIpc) is 2.75. The van der Waals surface area contributed by atoms with Crippen LogP contribution >= 0.6 is 0 Å². The molecule has 1 saturated heterocycles. The molecule has 170 valence electrons. The van der Waals surface area contributed by atoms with E-state index in [0.717, 1.165) is 31.1 Å². The highest BCUT2D eigenvalue weighted by atomic mass is 16.5. The van der Waals surface area contributed by atoms with E-state index in [1.165, 1.54) is 38.8 Å². The van der Waals surface area contributed by atoms with Crippen LogP contribution in [-0.2, 0) is 14.3 Å². The molecule has 0 amide bonds. The van der Waals surface area contributed by atoms with Crippen molar-refractivity contribution in [3.8, 4) is 11.5 Å². The van der Waals surface area contributed by atoms with E-state index in [4.69, 9.17) is 34.0 Å². The zero-order valence-electron chi connectivity index (χ0n) is 18.2. The minimum absolute atomic E-state index is 0.328. The molecular formula is C22H35NO7. The second-order valence-electron chi connectivity index (χ2n) is 7.26. The van der Waals surface area contributed by atoms with Crippen LogP contribution in [0, 0.1) is 5.92 Å². The molecule has 0 spiro atoms. The Balaban J connectivity index is 0.000000656. The summed E-state index contributed by atoms with van der Waals surface area (Å²) in [6.07, 6.45) is 6.48. The highest BCUT2D eigenvalue weighted by molar-refractivity contribution is 6.27. The van der Waals surface area contributed by atoms with E-state index in [0.29, 0.717) is 12.0 Å². The van der Waals surface area contributed by atoms with Gasteiger partial charge in [0.1, 0.15) is 11.5 Å². The summed E-state index contributed by atoms with van der Waals surface area (Å²) in [5.41, 5.74) is 0. The number of carboxylic acids is 2. The van der Waals surface area contributed by atoms with Crippen LogP contribution in [0.1, 0.15) is 39.0 Å². The van der Waals surface area contributed by atoms with Crippen LogP contribution in [0.25, 0.3) is 0 Å². The Morgan fingerprint density at radius 2 is 1.83 bits per heavy atom. The SMILES string of the molecule is CCCCCN1CC[C@@H](CCOc2cccc(OC)c2)[C@@H](OC)C1.O=C(O)C(=O)O. The van der Waals surface area contributed by atoms with Gasteiger partial charge in [0.05, 0.1) is 19.8 Å². The van der Waals surface area contributed by atoms with E-state index < -0.39 is 11.9 Å². The van der Waals surface area contributed by atoms with Crippen molar-refractivity contribution in [1.29, 1.82) is 0 Å². The molecule has 1 fully saturated rings. The maximum atomic E-state index is 9.10. The minimum atomic E-state index is -1.82. The molecule has 30 heavy (non-hydrogen) atoms. The first-order chi connectivity index (χ1) is 14.4. The Bertz CT molecular complexity index is 626. The number of ether oxygens (including phenoxy) is 3. The highest BCUT2D eigenvalue weighted by Gasteiger charge is 2.28. The number of methoxy groups -OCH3 is 2.